The highest BCUT2D eigenvalue weighted by Crippen LogP contribution is 1.93. The number of aliphatic imine (C=N–C) groups is 1. The average molecular weight is 402 g/mol. The largest absolute Gasteiger partial charge is 0.357 e. The van der Waals surface area contributed by atoms with Crippen molar-refractivity contribution in [2.45, 2.75) is 26.3 Å². The molecule has 0 aromatic carbocycles. The van der Waals surface area contributed by atoms with E-state index >= 15 is 0 Å². The number of aryl methyl sites for hydroxylation is 1. The van der Waals surface area contributed by atoms with Gasteiger partial charge in [-0.3, -0.25) is 9.79 Å². The van der Waals surface area contributed by atoms with Crippen molar-refractivity contribution in [1.29, 1.82) is 0 Å². The predicted molar refractivity (Wildman–Crippen MR) is 98.2 cm³/mol. The molecule has 5 nitrogen and oxygen atoms in total. The molecule has 0 saturated heterocycles. The van der Waals surface area contributed by atoms with Crippen molar-refractivity contribution in [3.63, 3.8) is 0 Å². The number of aromatic nitrogens is 1. The van der Waals surface area contributed by atoms with E-state index in [-0.39, 0.29) is 29.5 Å². The summed E-state index contributed by atoms with van der Waals surface area (Å²) in [5.41, 5.74) is 0.0417. The van der Waals surface area contributed by atoms with E-state index in [1.54, 1.807) is 16.7 Å². The van der Waals surface area contributed by atoms with Crippen LogP contribution in [-0.4, -0.2) is 30.2 Å². The molecular formula is C15H23IN4O. The third-order valence-electron chi connectivity index (χ3n) is 2.68. The van der Waals surface area contributed by atoms with E-state index < -0.39 is 0 Å². The van der Waals surface area contributed by atoms with Gasteiger partial charge in [0.25, 0.3) is 0 Å². The van der Waals surface area contributed by atoms with E-state index in [4.69, 9.17) is 6.42 Å². The second kappa shape index (κ2) is 12.3. The zero-order valence-electron chi connectivity index (χ0n) is 12.3. The van der Waals surface area contributed by atoms with Crippen LogP contribution in [-0.2, 0) is 6.54 Å². The summed E-state index contributed by atoms with van der Waals surface area (Å²) in [5.74, 6) is 3.25. The minimum Gasteiger partial charge on any atom is -0.357 e. The molecule has 1 rings (SSSR count). The lowest BCUT2D eigenvalue weighted by atomic mass is 10.3. The Morgan fingerprint density at radius 2 is 2.19 bits per heavy atom. The summed E-state index contributed by atoms with van der Waals surface area (Å²) in [4.78, 5) is 15.9. The monoisotopic (exact) mass is 402 g/mol. The number of unbranched alkanes of at least 4 members (excludes halogenated alkanes) is 1. The molecule has 1 aromatic heterocycles. The number of halogens is 1. The minimum atomic E-state index is 0. The lowest BCUT2D eigenvalue weighted by molar-refractivity contribution is 0.598. The molecule has 0 fully saturated rings. The number of hydrogen-bond acceptors (Lipinski definition) is 2. The second-order valence-electron chi connectivity index (χ2n) is 4.26. The van der Waals surface area contributed by atoms with Gasteiger partial charge in [0.2, 0.25) is 5.56 Å². The van der Waals surface area contributed by atoms with Gasteiger partial charge in [-0.15, -0.1) is 30.4 Å². The Hall–Kier alpha value is -1.49. The van der Waals surface area contributed by atoms with Crippen molar-refractivity contribution in [1.82, 2.24) is 15.2 Å². The smallest absolute Gasteiger partial charge is 0.250 e. The summed E-state index contributed by atoms with van der Waals surface area (Å²) < 4.78 is 1.71. The Labute approximate surface area is 143 Å². The summed E-state index contributed by atoms with van der Waals surface area (Å²) in [7, 11) is 0. The van der Waals surface area contributed by atoms with Crippen LogP contribution in [0.3, 0.4) is 0 Å². The van der Waals surface area contributed by atoms with Crippen molar-refractivity contribution in [3.05, 3.63) is 34.7 Å². The second-order valence-corrected chi connectivity index (χ2v) is 4.26. The Morgan fingerprint density at radius 3 is 2.86 bits per heavy atom. The molecule has 0 saturated carbocycles. The molecule has 0 aliphatic rings. The number of terminal acetylenes is 1. The van der Waals surface area contributed by atoms with E-state index in [9.17, 15) is 4.79 Å². The lowest BCUT2D eigenvalue weighted by Crippen LogP contribution is -2.37. The first-order chi connectivity index (χ1) is 9.77. The molecule has 0 aliphatic heterocycles. The van der Waals surface area contributed by atoms with Crippen LogP contribution in [0.1, 0.15) is 19.8 Å². The molecule has 0 bridgehead atoms. The molecule has 116 valence electrons. The van der Waals surface area contributed by atoms with Gasteiger partial charge in [0.05, 0.1) is 6.54 Å². The van der Waals surface area contributed by atoms with Gasteiger partial charge in [0, 0.05) is 31.9 Å². The normalized spacial score (nSPS) is 10.4. The first-order valence-electron chi connectivity index (χ1n) is 6.89. The van der Waals surface area contributed by atoms with Crippen LogP contribution >= 0.6 is 24.0 Å². The molecule has 0 spiro atoms. The summed E-state index contributed by atoms with van der Waals surface area (Å²) in [6.45, 7) is 4.71. The molecule has 1 aromatic rings. The predicted octanol–water partition coefficient (Wildman–Crippen LogP) is 1.43. The summed E-state index contributed by atoms with van der Waals surface area (Å²) in [5, 5.41) is 6.16. The minimum absolute atomic E-state index is 0. The number of hydrogen-bond donors (Lipinski definition) is 2. The van der Waals surface area contributed by atoms with Gasteiger partial charge in [-0.05, 0) is 25.8 Å². The highest BCUT2D eigenvalue weighted by atomic mass is 127. The van der Waals surface area contributed by atoms with E-state index in [1.165, 1.54) is 0 Å². The fraction of sp³-hybridized carbons (Fsp3) is 0.467. The number of pyridine rings is 1. The third-order valence-corrected chi connectivity index (χ3v) is 2.68. The topological polar surface area (TPSA) is 58.4 Å². The van der Waals surface area contributed by atoms with Crippen LogP contribution < -0.4 is 16.2 Å². The van der Waals surface area contributed by atoms with Crippen LogP contribution in [0, 0.1) is 12.3 Å². The molecule has 2 N–H and O–H groups in total. The highest BCUT2D eigenvalue weighted by Gasteiger charge is 1.96. The zero-order chi connectivity index (χ0) is 14.6. The summed E-state index contributed by atoms with van der Waals surface area (Å²) in [6.07, 6.45) is 8.85. The maximum absolute atomic E-state index is 11.5. The molecule has 0 amide bonds. The summed E-state index contributed by atoms with van der Waals surface area (Å²) >= 11 is 0. The number of nitrogens with zero attached hydrogens (tertiary/aromatic N) is 2. The Kier molecular flexibility index (Phi) is 11.4. The van der Waals surface area contributed by atoms with Crippen LogP contribution in [0.15, 0.2) is 34.2 Å². The summed E-state index contributed by atoms with van der Waals surface area (Å²) in [6, 6.07) is 5.20. The number of rotatable bonds is 7. The van der Waals surface area contributed by atoms with E-state index in [2.05, 4.69) is 21.5 Å². The van der Waals surface area contributed by atoms with Gasteiger partial charge in [-0.25, -0.2) is 0 Å². The third kappa shape index (κ3) is 8.40. The molecule has 0 unspecified atom stereocenters. The maximum atomic E-state index is 11.5. The molecule has 0 aliphatic carbocycles. The fourth-order valence-corrected chi connectivity index (χ4v) is 1.71. The standard InChI is InChI=1S/C15H22N4O.HI/c1-3-10-17-15(16-4-2)18-11-6-8-13-19-12-7-5-9-14(19)20;/h1,5,7,9,12H,4,6,8,10-11,13H2,2H3,(H2,16,17,18);1H. The molecule has 21 heavy (non-hydrogen) atoms. The van der Waals surface area contributed by atoms with Gasteiger partial charge in [0.1, 0.15) is 0 Å². The molecular weight excluding hydrogens is 379 g/mol. The van der Waals surface area contributed by atoms with Gasteiger partial charge >= 0.3 is 0 Å². The quantitative estimate of drug-likeness (QED) is 0.239. The van der Waals surface area contributed by atoms with E-state index in [1.807, 2.05) is 19.2 Å². The Morgan fingerprint density at radius 1 is 1.38 bits per heavy atom. The lowest BCUT2D eigenvalue weighted by Gasteiger charge is -2.08. The average Bonchev–Trinajstić information content (AvgIpc) is 2.46. The fourth-order valence-electron chi connectivity index (χ4n) is 1.71. The van der Waals surface area contributed by atoms with Crippen molar-refractivity contribution < 1.29 is 0 Å². The molecule has 1 heterocycles. The van der Waals surface area contributed by atoms with E-state index in [0.29, 0.717) is 13.1 Å². The zero-order valence-corrected chi connectivity index (χ0v) is 14.7. The Bertz CT molecular complexity index is 519. The first kappa shape index (κ1) is 19.5. The maximum Gasteiger partial charge on any atom is 0.250 e. The van der Waals surface area contributed by atoms with Crippen molar-refractivity contribution >= 4 is 29.9 Å². The van der Waals surface area contributed by atoms with Gasteiger partial charge < -0.3 is 15.2 Å². The van der Waals surface area contributed by atoms with Crippen LogP contribution in [0.4, 0.5) is 0 Å². The van der Waals surface area contributed by atoms with Gasteiger partial charge in [-0.2, -0.15) is 0 Å². The van der Waals surface area contributed by atoms with Crippen molar-refractivity contribution in [2.75, 3.05) is 19.6 Å². The highest BCUT2D eigenvalue weighted by molar-refractivity contribution is 14.0. The molecule has 0 radical (unpaired) electrons. The first-order valence-corrected chi connectivity index (χ1v) is 6.89. The molecule has 6 heteroatoms. The number of nitrogens with one attached hydrogen (secondary N) is 2. The van der Waals surface area contributed by atoms with Gasteiger partial charge in [0.15, 0.2) is 5.96 Å². The van der Waals surface area contributed by atoms with Crippen LogP contribution in [0.5, 0.6) is 0 Å². The van der Waals surface area contributed by atoms with Gasteiger partial charge in [-0.1, -0.05) is 12.0 Å². The van der Waals surface area contributed by atoms with Crippen LogP contribution in [0.2, 0.25) is 0 Å². The SMILES string of the molecule is C#CCNC(=NCCCCn1ccccc1=O)NCC.I. The number of guanidine groups is 1. The molecule has 0 atom stereocenters. The van der Waals surface area contributed by atoms with E-state index in [0.717, 1.165) is 31.9 Å². The van der Waals surface area contributed by atoms with Crippen molar-refractivity contribution in [2.24, 2.45) is 4.99 Å². The van der Waals surface area contributed by atoms with Crippen LogP contribution in [0.25, 0.3) is 0 Å². The Balaban J connectivity index is 0.00000400. The van der Waals surface area contributed by atoms with Crippen molar-refractivity contribution in [3.8, 4) is 12.3 Å².